The molecule has 0 fully saturated rings. The summed E-state index contributed by atoms with van der Waals surface area (Å²) in [4.78, 5) is 4.07. The van der Waals surface area contributed by atoms with Crippen molar-refractivity contribution < 1.29 is 4.52 Å². The van der Waals surface area contributed by atoms with E-state index < -0.39 is 0 Å². The van der Waals surface area contributed by atoms with Crippen LogP contribution in [0, 0.1) is 13.8 Å². The minimum absolute atomic E-state index is 0.514. The summed E-state index contributed by atoms with van der Waals surface area (Å²) in [7, 11) is 0. The highest BCUT2D eigenvalue weighted by atomic mass is 32.1. The fourth-order valence-corrected chi connectivity index (χ4v) is 1.79. The predicted octanol–water partition coefficient (Wildman–Crippen LogP) is 1.34. The van der Waals surface area contributed by atoms with E-state index in [0.29, 0.717) is 24.1 Å². The summed E-state index contributed by atoms with van der Waals surface area (Å²) >= 11 is 1.33. The van der Waals surface area contributed by atoms with Crippen LogP contribution in [-0.2, 0) is 6.54 Å². The van der Waals surface area contributed by atoms with Crippen LogP contribution in [0.5, 0.6) is 0 Å². The van der Waals surface area contributed by atoms with Crippen molar-refractivity contribution in [2.45, 2.75) is 20.4 Å². The number of rotatable bonds is 3. The zero-order chi connectivity index (χ0) is 10.8. The van der Waals surface area contributed by atoms with Crippen LogP contribution in [0.25, 0.3) is 0 Å². The van der Waals surface area contributed by atoms with Crippen molar-refractivity contribution in [1.29, 1.82) is 0 Å². The number of nitrogens with two attached hydrogens (primary N) is 1. The highest BCUT2D eigenvalue weighted by Gasteiger charge is 2.07. The summed E-state index contributed by atoms with van der Waals surface area (Å²) in [6.45, 7) is 4.19. The Balaban J connectivity index is 2.02. The molecular weight excluding hydrogens is 214 g/mol. The Morgan fingerprint density at radius 2 is 2.27 bits per heavy atom. The molecule has 2 rings (SSSR count). The second kappa shape index (κ2) is 3.85. The van der Waals surface area contributed by atoms with Crippen molar-refractivity contribution >= 4 is 22.4 Å². The minimum atomic E-state index is 0.514. The van der Waals surface area contributed by atoms with Gasteiger partial charge < -0.3 is 15.6 Å². The Bertz CT molecular complexity index is 463. The monoisotopic (exact) mass is 225 g/mol. The number of hydrogen-bond donors (Lipinski definition) is 2. The first kappa shape index (κ1) is 9.91. The molecule has 0 atom stereocenters. The third-order valence-corrected chi connectivity index (χ3v) is 2.86. The van der Waals surface area contributed by atoms with Crippen LogP contribution in [0.15, 0.2) is 4.52 Å². The van der Waals surface area contributed by atoms with E-state index in [1.165, 1.54) is 11.5 Å². The number of nitrogens with one attached hydrogen (secondary N) is 1. The van der Waals surface area contributed by atoms with Gasteiger partial charge in [-0.1, -0.05) is 5.16 Å². The van der Waals surface area contributed by atoms with Gasteiger partial charge in [0.05, 0.1) is 6.54 Å². The van der Waals surface area contributed by atoms with E-state index in [-0.39, 0.29) is 0 Å². The van der Waals surface area contributed by atoms with E-state index in [9.17, 15) is 0 Å². The molecule has 2 aromatic heterocycles. The maximum absolute atomic E-state index is 5.62. The van der Waals surface area contributed by atoms with Gasteiger partial charge in [-0.2, -0.15) is 9.36 Å². The molecule has 0 saturated heterocycles. The molecule has 0 bridgehead atoms. The zero-order valence-corrected chi connectivity index (χ0v) is 9.26. The summed E-state index contributed by atoms with van der Waals surface area (Å²) in [5.74, 6) is 1.75. The zero-order valence-electron chi connectivity index (χ0n) is 8.44. The number of aromatic nitrogens is 3. The van der Waals surface area contributed by atoms with Crippen LogP contribution in [0.2, 0.25) is 0 Å². The summed E-state index contributed by atoms with van der Waals surface area (Å²) in [5.41, 5.74) is 6.58. The molecule has 2 aromatic rings. The average Bonchev–Trinajstić information content (AvgIpc) is 2.74. The van der Waals surface area contributed by atoms with E-state index in [2.05, 4.69) is 19.8 Å². The number of aryl methyl sites for hydroxylation is 1. The van der Waals surface area contributed by atoms with Gasteiger partial charge in [0.2, 0.25) is 5.89 Å². The Labute approximate surface area is 90.7 Å². The molecule has 6 nitrogen and oxygen atoms in total. The summed E-state index contributed by atoms with van der Waals surface area (Å²) < 4.78 is 8.88. The summed E-state index contributed by atoms with van der Waals surface area (Å²) in [6, 6.07) is 0. The van der Waals surface area contributed by atoms with Gasteiger partial charge in [-0.15, -0.1) is 0 Å². The third-order valence-electron chi connectivity index (χ3n) is 1.94. The normalized spacial score (nSPS) is 10.5. The van der Waals surface area contributed by atoms with Gasteiger partial charge >= 0.3 is 0 Å². The topological polar surface area (TPSA) is 89.9 Å². The van der Waals surface area contributed by atoms with Gasteiger partial charge in [0.25, 0.3) is 0 Å². The molecule has 0 aromatic carbocycles. The van der Waals surface area contributed by atoms with E-state index in [4.69, 9.17) is 10.3 Å². The first-order chi connectivity index (χ1) is 7.16. The molecule has 80 valence electrons. The Kier molecular flexibility index (Phi) is 2.55. The lowest BCUT2D eigenvalue weighted by molar-refractivity contribution is 0.388. The Morgan fingerprint density at radius 1 is 1.47 bits per heavy atom. The summed E-state index contributed by atoms with van der Waals surface area (Å²) in [6.07, 6.45) is 0. The van der Waals surface area contributed by atoms with Gasteiger partial charge in [0.15, 0.2) is 5.82 Å². The molecule has 7 heteroatoms. The van der Waals surface area contributed by atoms with Crippen molar-refractivity contribution in [2.24, 2.45) is 0 Å². The third kappa shape index (κ3) is 2.07. The maximum Gasteiger partial charge on any atom is 0.223 e. The highest BCUT2D eigenvalue weighted by Crippen LogP contribution is 2.25. The molecule has 0 amide bonds. The standard InChI is InChI=1S/C8H11N5OS/c1-4-7(9)13-15-8(4)10-3-6-11-5(2)14-12-6/h10H,3H2,1-2H3,(H2,9,13). The van der Waals surface area contributed by atoms with Gasteiger partial charge in [-0.05, 0) is 18.5 Å². The maximum atomic E-state index is 5.62. The van der Waals surface area contributed by atoms with Crippen LogP contribution >= 0.6 is 11.5 Å². The first-order valence-corrected chi connectivity index (χ1v) is 5.19. The lowest BCUT2D eigenvalue weighted by Gasteiger charge is -1.99. The highest BCUT2D eigenvalue weighted by molar-refractivity contribution is 7.10. The molecule has 0 aliphatic carbocycles. The molecule has 0 aliphatic heterocycles. The average molecular weight is 225 g/mol. The van der Waals surface area contributed by atoms with Crippen molar-refractivity contribution in [2.75, 3.05) is 11.1 Å². The molecule has 0 radical (unpaired) electrons. The predicted molar refractivity (Wildman–Crippen MR) is 57.6 cm³/mol. The smallest absolute Gasteiger partial charge is 0.223 e. The van der Waals surface area contributed by atoms with E-state index in [1.54, 1.807) is 6.92 Å². The Hall–Kier alpha value is -1.63. The largest absolute Gasteiger partial charge is 0.383 e. The molecule has 3 N–H and O–H groups in total. The van der Waals surface area contributed by atoms with Crippen molar-refractivity contribution in [3.05, 3.63) is 17.3 Å². The van der Waals surface area contributed by atoms with Crippen LogP contribution in [0.1, 0.15) is 17.3 Å². The van der Waals surface area contributed by atoms with Gasteiger partial charge in [0.1, 0.15) is 10.8 Å². The number of nitrogens with zero attached hydrogens (tertiary/aromatic N) is 3. The van der Waals surface area contributed by atoms with Crippen molar-refractivity contribution in [3.8, 4) is 0 Å². The number of anilines is 2. The van der Waals surface area contributed by atoms with Gasteiger partial charge in [-0.25, -0.2) is 0 Å². The minimum Gasteiger partial charge on any atom is -0.383 e. The molecule has 15 heavy (non-hydrogen) atoms. The van der Waals surface area contributed by atoms with Crippen molar-refractivity contribution in [1.82, 2.24) is 14.5 Å². The lowest BCUT2D eigenvalue weighted by atomic mass is 10.3. The van der Waals surface area contributed by atoms with Crippen LogP contribution in [-0.4, -0.2) is 14.5 Å². The van der Waals surface area contributed by atoms with Gasteiger partial charge in [-0.3, -0.25) is 0 Å². The Morgan fingerprint density at radius 3 is 2.80 bits per heavy atom. The fourth-order valence-electron chi connectivity index (χ4n) is 1.09. The molecule has 0 saturated carbocycles. The van der Waals surface area contributed by atoms with Crippen molar-refractivity contribution in [3.63, 3.8) is 0 Å². The SMILES string of the molecule is Cc1nc(CNc2snc(N)c2C)no1. The van der Waals surface area contributed by atoms with Gasteiger partial charge in [0, 0.05) is 12.5 Å². The molecule has 2 heterocycles. The molecular formula is C8H11N5OS. The molecule has 0 unspecified atom stereocenters. The van der Waals surface area contributed by atoms with Crippen LogP contribution < -0.4 is 11.1 Å². The first-order valence-electron chi connectivity index (χ1n) is 4.41. The second-order valence-corrected chi connectivity index (χ2v) is 3.88. The van der Waals surface area contributed by atoms with Crippen LogP contribution in [0.4, 0.5) is 10.8 Å². The number of hydrogen-bond acceptors (Lipinski definition) is 7. The molecule has 0 spiro atoms. The lowest BCUT2D eigenvalue weighted by Crippen LogP contribution is -2.01. The fraction of sp³-hybridized carbons (Fsp3) is 0.375. The van der Waals surface area contributed by atoms with E-state index in [0.717, 1.165) is 10.6 Å². The summed E-state index contributed by atoms with van der Waals surface area (Å²) in [5, 5.41) is 7.87. The number of nitrogen functional groups attached to an aromatic ring is 1. The molecule has 0 aliphatic rings. The van der Waals surface area contributed by atoms with E-state index in [1.807, 2.05) is 6.92 Å². The van der Waals surface area contributed by atoms with E-state index >= 15 is 0 Å². The second-order valence-electron chi connectivity index (χ2n) is 3.11. The quantitative estimate of drug-likeness (QED) is 0.819. The van der Waals surface area contributed by atoms with Crippen LogP contribution in [0.3, 0.4) is 0 Å².